The van der Waals surface area contributed by atoms with Crippen molar-refractivity contribution in [2.75, 3.05) is 11.9 Å². The Bertz CT molecular complexity index is 551. The van der Waals surface area contributed by atoms with Crippen molar-refractivity contribution in [3.63, 3.8) is 0 Å². The van der Waals surface area contributed by atoms with E-state index in [1.807, 2.05) is 61.5 Å². The molecule has 0 aliphatic carbocycles. The Morgan fingerprint density at radius 3 is 2.21 bits per heavy atom. The number of amides is 1. The molecule has 19 heavy (non-hydrogen) atoms. The van der Waals surface area contributed by atoms with Crippen molar-refractivity contribution in [3.8, 4) is 0 Å². The van der Waals surface area contributed by atoms with Gasteiger partial charge in [-0.1, -0.05) is 48.0 Å². The Kier molecular flexibility index (Phi) is 4.23. The van der Waals surface area contributed by atoms with Crippen LogP contribution in [0.25, 0.3) is 0 Å². The van der Waals surface area contributed by atoms with E-state index in [9.17, 15) is 4.79 Å². The highest BCUT2D eigenvalue weighted by Crippen LogP contribution is 2.25. The first-order chi connectivity index (χ1) is 9.09. The number of aryl methyl sites for hydroxylation is 1. The van der Waals surface area contributed by atoms with Crippen molar-refractivity contribution < 1.29 is 4.79 Å². The van der Waals surface area contributed by atoms with E-state index in [-0.39, 0.29) is 5.91 Å². The SMILES string of the molecule is Cc1ccc(N(C)C(=O)C(Cl)c2ccccc2)cc1. The van der Waals surface area contributed by atoms with Crippen molar-refractivity contribution in [3.05, 3.63) is 65.7 Å². The van der Waals surface area contributed by atoms with E-state index in [1.54, 1.807) is 11.9 Å². The van der Waals surface area contributed by atoms with E-state index in [0.29, 0.717) is 0 Å². The van der Waals surface area contributed by atoms with Crippen LogP contribution in [0.3, 0.4) is 0 Å². The molecular formula is C16H16ClNO. The van der Waals surface area contributed by atoms with Crippen LogP contribution in [0.2, 0.25) is 0 Å². The molecule has 0 heterocycles. The molecule has 0 saturated carbocycles. The zero-order chi connectivity index (χ0) is 13.8. The molecule has 0 radical (unpaired) electrons. The van der Waals surface area contributed by atoms with E-state index < -0.39 is 5.38 Å². The monoisotopic (exact) mass is 273 g/mol. The van der Waals surface area contributed by atoms with E-state index >= 15 is 0 Å². The predicted octanol–water partition coefficient (Wildman–Crippen LogP) is 3.94. The van der Waals surface area contributed by atoms with Crippen LogP contribution in [-0.4, -0.2) is 13.0 Å². The first-order valence-electron chi connectivity index (χ1n) is 6.13. The molecule has 2 aromatic rings. The number of alkyl halides is 1. The van der Waals surface area contributed by atoms with E-state index in [1.165, 1.54) is 0 Å². The van der Waals surface area contributed by atoms with Gasteiger partial charge in [0, 0.05) is 12.7 Å². The summed E-state index contributed by atoms with van der Waals surface area (Å²) in [7, 11) is 1.74. The van der Waals surface area contributed by atoms with Gasteiger partial charge >= 0.3 is 0 Å². The Morgan fingerprint density at radius 2 is 1.63 bits per heavy atom. The van der Waals surface area contributed by atoms with Crippen molar-refractivity contribution in [2.45, 2.75) is 12.3 Å². The standard InChI is InChI=1S/C16H16ClNO/c1-12-8-10-14(11-9-12)18(2)16(19)15(17)13-6-4-3-5-7-13/h3-11,15H,1-2H3. The van der Waals surface area contributed by atoms with Gasteiger partial charge in [0.15, 0.2) is 0 Å². The first kappa shape index (κ1) is 13.6. The third-order valence-corrected chi connectivity index (χ3v) is 3.50. The largest absolute Gasteiger partial charge is 0.314 e. The fourth-order valence-corrected chi connectivity index (χ4v) is 2.12. The average molecular weight is 274 g/mol. The molecule has 2 aromatic carbocycles. The molecule has 1 amide bonds. The van der Waals surface area contributed by atoms with Crippen molar-refractivity contribution in [1.29, 1.82) is 0 Å². The number of halogens is 1. The molecule has 2 nitrogen and oxygen atoms in total. The van der Waals surface area contributed by atoms with Gasteiger partial charge in [-0.25, -0.2) is 0 Å². The van der Waals surface area contributed by atoms with E-state index in [2.05, 4.69) is 0 Å². The van der Waals surface area contributed by atoms with Crippen LogP contribution in [0, 0.1) is 6.92 Å². The molecule has 1 atom stereocenters. The molecule has 3 heteroatoms. The van der Waals surface area contributed by atoms with Crippen molar-refractivity contribution in [2.24, 2.45) is 0 Å². The van der Waals surface area contributed by atoms with Gasteiger partial charge in [-0.3, -0.25) is 4.79 Å². The molecule has 0 bridgehead atoms. The molecule has 0 aromatic heterocycles. The van der Waals surface area contributed by atoms with Crippen molar-refractivity contribution in [1.82, 2.24) is 0 Å². The Labute approximate surface area is 118 Å². The Morgan fingerprint density at radius 1 is 1.05 bits per heavy atom. The second-order valence-corrected chi connectivity index (χ2v) is 4.94. The molecule has 98 valence electrons. The third-order valence-electron chi connectivity index (χ3n) is 3.06. The lowest BCUT2D eigenvalue weighted by Crippen LogP contribution is -2.29. The highest BCUT2D eigenvalue weighted by molar-refractivity contribution is 6.32. The van der Waals surface area contributed by atoms with Gasteiger partial charge < -0.3 is 4.90 Å². The van der Waals surface area contributed by atoms with Crippen LogP contribution in [0.15, 0.2) is 54.6 Å². The summed E-state index contributed by atoms with van der Waals surface area (Å²) in [5.74, 6) is -0.128. The van der Waals surface area contributed by atoms with Crippen LogP contribution in [0.5, 0.6) is 0 Å². The van der Waals surface area contributed by atoms with Gasteiger partial charge in [-0.2, -0.15) is 0 Å². The summed E-state index contributed by atoms with van der Waals surface area (Å²) in [5, 5.41) is -0.660. The van der Waals surface area contributed by atoms with Gasteiger partial charge in [-0.05, 0) is 24.6 Å². The predicted molar refractivity (Wildman–Crippen MR) is 79.6 cm³/mol. The number of carbonyl (C=O) groups is 1. The first-order valence-corrected chi connectivity index (χ1v) is 6.56. The van der Waals surface area contributed by atoms with Gasteiger partial charge in [0.25, 0.3) is 0 Å². The highest BCUT2D eigenvalue weighted by Gasteiger charge is 2.22. The molecule has 0 aliphatic rings. The zero-order valence-electron chi connectivity index (χ0n) is 11.0. The number of hydrogen-bond acceptors (Lipinski definition) is 1. The van der Waals surface area contributed by atoms with Crippen LogP contribution in [0.4, 0.5) is 5.69 Å². The summed E-state index contributed by atoms with van der Waals surface area (Å²) < 4.78 is 0. The van der Waals surface area contributed by atoms with Gasteiger partial charge in [-0.15, -0.1) is 11.6 Å². The van der Waals surface area contributed by atoms with Crippen LogP contribution >= 0.6 is 11.6 Å². The summed E-state index contributed by atoms with van der Waals surface area (Å²) in [4.78, 5) is 13.9. The van der Waals surface area contributed by atoms with E-state index in [0.717, 1.165) is 16.8 Å². The van der Waals surface area contributed by atoms with Crippen LogP contribution in [0.1, 0.15) is 16.5 Å². The molecule has 0 fully saturated rings. The Balaban J connectivity index is 2.17. The Hall–Kier alpha value is -1.80. The maximum Gasteiger partial charge on any atom is 0.249 e. The highest BCUT2D eigenvalue weighted by atomic mass is 35.5. The van der Waals surface area contributed by atoms with Gasteiger partial charge in [0.2, 0.25) is 5.91 Å². The summed E-state index contributed by atoms with van der Waals surface area (Å²) in [6.45, 7) is 2.01. The normalized spacial score (nSPS) is 11.9. The number of rotatable bonds is 3. The van der Waals surface area contributed by atoms with Crippen molar-refractivity contribution >= 4 is 23.2 Å². The summed E-state index contributed by atoms with van der Waals surface area (Å²) in [6, 6.07) is 17.2. The lowest BCUT2D eigenvalue weighted by Gasteiger charge is -2.20. The minimum atomic E-state index is -0.660. The lowest BCUT2D eigenvalue weighted by atomic mass is 10.1. The second-order valence-electron chi connectivity index (χ2n) is 4.51. The maximum atomic E-state index is 12.3. The quantitative estimate of drug-likeness (QED) is 0.776. The topological polar surface area (TPSA) is 20.3 Å². The number of benzene rings is 2. The number of carbonyl (C=O) groups excluding carboxylic acids is 1. The number of hydrogen-bond donors (Lipinski definition) is 0. The van der Waals surface area contributed by atoms with E-state index in [4.69, 9.17) is 11.6 Å². The zero-order valence-corrected chi connectivity index (χ0v) is 11.8. The molecule has 0 spiro atoms. The van der Waals surface area contributed by atoms with Gasteiger partial charge in [0.1, 0.15) is 5.38 Å². The molecule has 0 N–H and O–H groups in total. The fraction of sp³-hybridized carbons (Fsp3) is 0.188. The lowest BCUT2D eigenvalue weighted by molar-refractivity contribution is -0.118. The minimum absolute atomic E-state index is 0.128. The maximum absolute atomic E-state index is 12.3. The number of likely N-dealkylation sites (N-methyl/N-ethyl adjacent to an activating group) is 1. The van der Waals surface area contributed by atoms with Gasteiger partial charge in [0.05, 0.1) is 0 Å². The summed E-state index contributed by atoms with van der Waals surface area (Å²) >= 11 is 6.24. The second kappa shape index (κ2) is 5.89. The van der Waals surface area contributed by atoms with Crippen LogP contribution < -0.4 is 4.90 Å². The summed E-state index contributed by atoms with van der Waals surface area (Å²) in [6.07, 6.45) is 0. The number of anilines is 1. The third kappa shape index (κ3) is 3.15. The molecule has 0 aliphatic heterocycles. The minimum Gasteiger partial charge on any atom is -0.314 e. The average Bonchev–Trinajstić information content (AvgIpc) is 2.46. The molecule has 0 saturated heterocycles. The smallest absolute Gasteiger partial charge is 0.249 e. The summed E-state index contributed by atoms with van der Waals surface area (Å²) in [5.41, 5.74) is 2.82. The van der Waals surface area contributed by atoms with Crippen LogP contribution in [-0.2, 0) is 4.79 Å². The fourth-order valence-electron chi connectivity index (χ4n) is 1.83. The molecule has 2 rings (SSSR count). The molecular weight excluding hydrogens is 258 g/mol. The molecule has 1 unspecified atom stereocenters. The number of nitrogens with zero attached hydrogens (tertiary/aromatic N) is 1.